The van der Waals surface area contributed by atoms with Crippen LogP contribution in [0.4, 0.5) is 5.82 Å². The van der Waals surface area contributed by atoms with Crippen molar-refractivity contribution in [3.05, 3.63) is 23.9 Å². The van der Waals surface area contributed by atoms with Gasteiger partial charge in [-0.1, -0.05) is 0 Å². The van der Waals surface area contributed by atoms with E-state index in [-0.39, 0.29) is 0 Å². The average molecular weight is 193 g/mol. The average Bonchev–Trinajstić information content (AvgIpc) is 2.19. The van der Waals surface area contributed by atoms with Crippen LogP contribution in [0.15, 0.2) is 18.3 Å². The van der Waals surface area contributed by atoms with Gasteiger partial charge in [0.2, 0.25) is 0 Å². The number of pyridine rings is 1. The molecule has 1 saturated heterocycles. The van der Waals surface area contributed by atoms with Crippen molar-refractivity contribution < 1.29 is 4.74 Å². The van der Waals surface area contributed by atoms with E-state index in [4.69, 9.17) is 10.5 Å². The van der Waals surface area contributed by atoms with Crippen LogP contribution in [0.2, 0.25) is 0 Å². The second-order valence-electron chi connectivity index (χ2n) is 3.48. The summed E-state index contributed by atoms with van der Waals surface area (Å²) in [4.78, 5) is 6.33. The van der Waals surface area contributed by atoms with Crippen molar-refractivity contribution in [2.75, 3.05) is 32.0 Å². The lowest BCUT2D eigenvalue weighted by Gasteiger charge is -2.26. The van der Waals surface area contributed by atoms with E-state index in [0.717, 1.165) is 32.8 Å². The maximum Gasteiger partial charge on any atom is 0.123 e. The highest BCUT2D eigenvalue weighted by molar-refractivity contribution is 5.31. The number of hydrogen-bond donors (Lipinski definition) is 1. The molecule has 0 saturated carbocycles. The SMILES string of the molecule is Nc1cc(CN2CCOCC2)ccn1. The molecule has 0 amide bonds. The third kappa shape index (κ3) is 2.43. The predicted octanol–water partition coefficient (Wildman–Crippen LogP) is 0.496. The van der Waals surface area contributed by atoms with E-state index in [0.29, 0.717) is 5.82 Å². The lowest BCUT2D eigenvalue weighted by atomic mass is 10.2. The van der Waals surface area contributed by atoms with E-state index < -0.39 is 0 Å². The predicted molar refractivity (Wildman–Crippen MR) is 54.7 cm³/mol. The van der Waals surface area contributed by atoms with Gasteiger partial charge in [0.25, 0.3) is 0 Å². The number of nitrogens with zero attached hydrogens (tertiary/aromatic N) is 2. The third-order valence-electron chi connectivity index (χ3n) is 2.36. The minimum Gasteiger partial charge on any atom is -0.384 e. The fourth-order valence-corrected chi connectivity index (χ4v) is 1.61. The molecule has 76 valence electrons. The highest BCUT2D eigenvalue weighted by Crippen LogP contribution is 2.08. The van der Waals surface area contributed by atoms with Crippen molar-refractivity contribution in [3.63, 3.8) is 0 Å². The van der Waals surface area contributed by atoms with E-state index >= 15 is 0 Å². The Morgan fingerprint density at radius 3 is 2.93 bits per heavy atom. The molecule has 2 heterocycles. The van der Waals surface area contributed by atoms with Gasteiger partial charge in [-0.2, -0.15) is 0 Å². The van der Waals surface area contributed by atoms with E-state index in [2.05, 4.69) is 9.88 Å². The summed E-state index contributed by atoms with van der Waals surface area (Å²) in [5.41, 5.74) is 6.83. The molecule has 1 aromatic heterocycles. The van der Waals surface area contributed by atoms with Crippen LogP contribution in [0.1, 0.15) is 5.56 Å². The Kier molecular flexibility index (Phi) is 2.96. The Morgan fingerprint density at radius 2 is 2.21 bits per heavy atom. The summed E-state index contributed by atoms with van der Waals surface area (Å²) in [6.07, 6.45) is 1.76. The minimum absolute atomic E-state index is 0.593. The molecule has 1 aliphatic rings. The van der Waals surface area contributed by atoms with Gasteiger partial charge in [0.15, 0.2) is 0 Å². The van der Waals surface area contributed by atoms with Crippen LogP contribution in [0, 0.1) is 0 Å². The largest absolute Gasteiger partial charge is 0.384 e. The highest BCUT2D eigenvalue weighted by atomic mass is 16.5. The number of rotatable bonds is 2. The fraction of sp³-hybridized carbons (Fsp3) is 0.500. The lowest BCUT2D eigenvalue weighted by Crippen LogP contribution is -2.35. The molecular formula is C10H15N3O. The molecule has 4 nitrogen and oxygen atoms in total. The number of hydrogen-bond acceptors (Lipinski definition) is 4. The van der Waals surface area contributed by atoms with Gasteiger partial charge in [0, 0.05) is 25.8 Å². The second kappa shape index (κ2) is 4.39. The molecule has 1 aliphatic heterocycles. The van der Waals surface area contributed by atoms with E-state index in [1.165, 1.54) is 5.56 Å². The van der Waals surface area contributed by atoms with E-state index in [9.17, 15) is 0 Å². The Labute approximate surface area is 83.7 Å². The van der Waals surface area contributed by atoms with Gasteiger partial charge >= 0.3 is 0 Å². The maximum absolute atomic E-state index is 5.61. The smallest absolute Gasteiger partial charge is 0.123 e. The Morgan fingerprint density at radius 1 is 1.43 bits per heavy atom. The second-order valence-corrected chi connectivity index (χ2v) is 3.48. The zero-order valence-electron chi connectivity index (χ0n) is 8.15. The number of aromatic nitrogens is 1. The molecule has 0 unspecified atom stereocenters. The van der Waals surface area contributed by atoms with E-state index in [1.54, 1.807) is 6.20 Å². The molecule has 1 aromatic rings. The van der Waals surface area contributed by atoms with Gasteiger partial charge in [-0.15, -0.1) is 0 Å². The zero-order valence-corrected chi connectivity index (χ0v) is 8.15. The molecule has 2 rings (SSSR count). The Hall–Kier alpha value is -1.13. The summed E-state index contributed by atoms with van der Waals surface area (Å²) in [7, 11) is 0. The molecule has 0 radical (unpaired) electrons. The van der Waals surface area contributed by atoms with Crippen molar-refractivity contribution in [1.29, 1.82) is 0 Å². The van der Waals surface area contributed by atoms with Crippen LogP contribution < -0.4 is 5.73 Å². The first-order valence-electron chi connectivity index (χ1n) is 4.85. The summed E-state index contributed by atoms with van der Waals surface area (Å²) >= 11 is 0. The third-order valence-corrected chi connectivity index (χ3v) is 2.36. The molecule has 0 aliphatic carbocycles. The molecule has 1 fully saturated rings. The number of anilines is 1. The summed E-state index contributed by atoms with van der Waals surface area (Å²) in [6, 6.07) is 3.93. The van der Waals surface area contributed by atoms with Crippen LogP contribution in [0.3, 0.4) is 0 Å². The van der Waals surface area contributed by atoms with Gasteiger partial charge in [-0.3, -0.25) is 4.90 Å². The molecule has 0 bridgehead atoms. The van der Waals surface area contributed by atoms with Crippen LogP contribution >= 0.6 is 0 Å². The van der Waals surface area contributed by atoms with Crippen molar-refractivity contribution in [1.82, 2.24) is 9.88 Å². The molecule has 0 atom stereocenters. The van der Waals surface area contributed by atoms with Crippen molar-refractivity contribution >= 4 is 5.82 Å². The Balaban J connectivity index is 1.95. The summed E-state index contributed by atoms with van der Waals surface area (Å²) < 4.78 is 5.28. The molecule has 4 heteroatoms. The summed E-state index contributed by atoms with van der Waals surface area (Å²) in [5.74, 6) is 0.593. The Bertz CT molecular complexity index is 297. The molecule has 2 N–H and O–H groups in total. The summed E-state index contributed by atoms with van der Waals surface area (Å²) in [6.45, 7) is 4.61. The van der Waals surface area contributed by atoms with Crippen LogP contribution in [0.5, 0.6) is 0 Å². The number of nitrogens with two attached hydrogens (primary N) is 1. The van der Waals surface area contributed by atoms with Crippen LogP contribution in [-0.2, 0) is 11.3 Å². The lowest BCUT2D eigenvalue weighted by molar-refractivity contribution is 0.0342. The van der Waals surface area contributed by atoms with Crippen molar-refractivity contribution in [2.45, 2.75) is 6.54 Å². The first-order chi connectivity index (χ1) is 6.84. The first kappa shape index (κ1) is 9.43. The van der Waals surface area contributed by atoms with Gasteiger partial charge in [0.1, 0.15) is 5.82 Å². The zero-order chi connectivity index (χ0) is 9.80. The standard InChI is InChI=1S/C10H15N3O/c11-10-7-9(1-2-12-10)8-13-3-5-14-6-4-13/h1-2,7H,3-6,8H2,(H2,11,12). The highest BCUT2D eigenvalue weighted by Gasteiger charge is 2.10. The fourth-order valence-electron chi connectivity index (χ4n) is 1.61. The minimum atomic E-state index is 0.593. The van der Waals surface area contributed by atoms with Gasteiger partial charge in [-0.25, -0.2) is 4.98 Å². The van der Waals surface area contributed by atoms with Crippen molar-refractivity contribution in [2.24, 2.45) is 0 Å². The summed E-state index contributed by atoms with van der Waals surface area (Å²) in [5, 5.41) is 0. The quantitative estimate of drug-likeness (QED) is 0.743. The van der Waals surface area contributed by atoms with Gasteiger partial charge < -0.3 is 10.5 Å². The maximum atomic E-state index is 5.61. The van der Waals surface area contributed by atoms with E-state index in [1.807, 2.05) is 12.1 Å². The number of nitrogen functional groups attached to an aromatic ring is 1. The first-order valence-corrected chi connectivity index (χ1v) is 4.85. The van der Waals surface area contributed by atoms with Crippen LogP contribution in [-0.4, -0.2) is 36.2 Å². The number of ether oxygens (including phenoxy) is 1. The van der Waals surface area contributed by atoms with Gasteiger partial charge in [-0.05, 0) is 17.7 Å². The van der Waals surface area contributed by atoms with Crippen molar-refractivity contribution in [3.8, 4) is 0 Å². The molecule has 0 aromatic carbocycles. The normalized spacial score (nSPS) is 18.3. The van der Waals surface area contributed by atoms with Gasteiger partial charge in [0.05, 0.1) is 13.2 Å². The van der Waals surface area contributed by atoms with Crippen LogP contribution in [0.25, 0.3) is 0 Å². The molecule has 14 heavy (non-hydrogen) atoms. The number of morpholine rings is 1. The molecular weight excluding hydrogens is 178 g/mol. The monoisotopic (exact) mass is 193 g/mol. The topological polar surface area (TPSA) is 51.4 Å². The molecule has 0 spiro atoms.